The highest BCUT2D eigenvalue weighted by molar-refractivity contribution is 5.95. The first kappa shape index (κ1) is 19.9. The van der Waals surface area contributed by atoms with E-state index in [1.807, 2.05) is 36.1 Å². The number of hydrogen-bond donors (Lipinski definition) is 0. The molecule has 0 atom stereocenters. The first-order valence-electron chi connectivity index (χ1n) is 10.5. The lowest BCUT2D eigenvalue weighted by Crippen LogP contribution is -2.34. The lowest BCUT2D eigenvalue weighted by molar-refractivity contribution is 0.0772. The molecular formula is C24H22N6O2. The zero-order chi connectivity index (χ0) is 22.1. The van der Waals surface area contributed by atoms with Crippen molar-refractivity contribution in [3.05, 3.63) is 83.6 Å². The number of nitrogens with zero attached hydrogens (tertiary/aromatic N) is 6. The Balaban J connectivity index is 1.37. The summed E-state index contributed by atoms with van der Waals surface area (Å²) >= 11 is 0. The van der Waals surface area contributed by atoms with Crippen LogP contribution in [-0.4, -0.2) is 48.8 Å². The number of carbonyl (C=O) groups excluding carboxylic acids is 1. The van der Waals surface area contributed by atoms with Crippen LogP contribution in [0.3, 0.4) is 0 Å². The molecule has 0 N–H and O–H groups in total. The Morgan fingerprint density at radius 3 is 2.66 bits per heavy atom. The van der Waals surface area contributed by atoms with Crippen LogP contribution in [0, 0.1) is 13.8 Å². The smallest absolute Gasteiger partial charge is 0.258 e. The molecule has 0 saturated carbocycles. The number of aryl methyl sites for hydroxylation is 1. The molecule has 0 spiro atoms. The van der Waals surface area contributed by atoms with E-state index in [1.54, 1.807) is 30.1 Å². The van der Waals surface area contributed by atoms with Gasteiger partial charge in [0, 0.05) is 24.8 Å². The Morgan fingerprint density at radius 2 is 1.94 bits per heavy atom. The Bertz CT molecular complexity index is 1310. The SMILES string of the molecule is Cc1noc(-c2ccnc(-n3ncc(C(=O)N4CC=C(c5ccccc5)CC4)c3C)c2)n1. The van der Waals surface area contributed by atoms with E-state index in [2.05, 4.69) is 38.4 Å². The maximum atomic E-state index is 13.2. The van der Waals surface area contributed by atoms with Gasteiger partial charge >= 0.3 is 0 Å². The number of benzene rings is 1. The predicted octanol–water partition coefficient (Wildman–Crippen LogP) is 3.86. The van der Waals surface area contributed by atoms with Crippen molar-refractivity contribution in [2.24, 2.45) is 0 Å². The molecule has 0 unspecified atom stereocenters. The van der Waals surface area contributed by atoms with Crippen LogP contribution in [-0.2, 0) is 0 Å². The summed E-state index contributed by atoms with van der Waals surface area (Å²) in [6, 6.07) is 13.9. The molecule has 32 heavy (non-hydrogen) atoms. The van der Waals surface area contributed by atoms with Crippen molar-refractivity contribution in [2.75, 3.05) is 13.1 Å². The van der Waals surface area contributed by atoms with Crippen LogP contribution in [0.4, 0.5) is 0 Å². The molecule has 0 radical (unpaired) electrons. The molecule has 0 fully saturated rings. The highest BCUT2D eigenvalue weighted by atomic mass is 16.5. The van der Waals surface area contributed by atoms with Gasteiger partial charge in [0.05, 0.1) is 17.5 Å². The molecule has 1 aromatic carbocycles. The second kappa shape index (κ2) is 8.22. The average molecular weight is 426 g/mol. The Labute approximate surface area is 185 Å². The van der Waals surface area contributed by atoms with Gasteiger partial charge in [0.25, 0.3) is 11.8 Å². The number of hydrogen-bond acceptors (Lipinski definition) is 6. The van der Waals surface area contributed by atoms with Crippen molar-refractivity contribution in [1.29, 1.82) is 0 Å². The molecule has 4 aromatic rings. The molecule has 160 valence electrons. The van der Waals surface area contributed by atoms with Gasteiger partial charge < -0.3 is 9.42 Å². The van der Waals surface area contributed by atoms with Gasteiger partial charge in [-0.2, -0.15) is 10.1 Å². The second-order valence-corrected chi connectivity index (χ2v) is 7.70. The predicted molar refractivity (Wildman–Crippen MR) is 119 cm³/mol. The summed E-state index contributed by atoms with van der Waals surface area (Å²) in [4.78, 5) is 23.7. The minimum atomic E-state index is -0.0270. The van der Waals surface area contributed by atoms with Crippen LogP contribution in [0.15, 0.2) is 65.5 Å². The van der Waals surface area contributed by atoms with Crippen molar-refractivity contribution >= 4 is 11.5 Å². The summed E-state index contributed by atoms with van der Waals surface area (Å²) in [6.07, 6.45) is 6.23. The van der Waals surface area contributed by atoms with Crippen LogP contribution in [0.5, 0.6) is 0 Å². The first-order chi connectivity index (χ1) is 15.6. The molecule has 8 nitrogen and oxygen atoms in total. The van der Waals surface area contributed by atoms with Crippen LogP contribution in [0.1, 0.15) is 33.9 Å². The number of amides is 1. The monoisotopic (exact) mass is 426 g/mol. The van der Waals surface area contributed by atoms with E-state index in [0.717, 1.165) is 17.7 Å². The fraction of sp³-hybridized carbons (Fsp3) is 0.208. The number of pyridine rings is 1. The quantitative estimate of drug-likeness (QED) is 0.492. The van der Waals surface area contributed by atoms with E-state index in [0.29, 0.717) is 36.2 Å². The average Bonchev–Trinajstić information content (AvgIpc) is 3.45. The summed E-state index contributed by atoms with van der Waals surface area (Å²) in [6.45, 7) is 4.90. The Hall–Kier alpha value is -4.07. The topological polar surface area (TPSA) is 89.9 Å². The second-order valence-electron chi connectivity index (χ2n) is 7.70. The normalized spacial score (nSPS) is 13.8. The maximum Gasteiger partial charge on any atom is 0.258 e. The number of carbonyl (C=O) groups is 1. The Morgan fingerprint density at radius 1 is 1.09 bits per heavy atom. The van der Waals surface area contributed by atoms with Gasteiger partial charge in [0.1, 0.15) is 0 Å². The fourth-order valence-corrected chi connectivity index (χ4v) is 3.87. The summed E-state index contributed by atoms with van der Waals surface area (Å²) < 4.78 is 6.91. The summed E-state index contributed by atoms with van der Waals surface area (Å²) in [5, 5.41) is 8.26. The third-order valence-electron chi connectivity index (χ3n) is 5.62. The molecular weight excluding hydrogens is 404 g/mol. The molecule has 3 aromatic heterocycles. The van der Waals surface area contributed by atoms with Gasteiger partial charge in [-0.25, -0.2) is 9.67 Å². The molecule has 8 heteroatoms. The zero-order valence-corrected chi connectivity index (χ0v) is 17.9. The lowest BCUT2D eigenvalue weighted by atomic mass is 9.99. The van der Waals surface area contributed by atoms with Gasteiger partial charge in [-0.3, -0.25) is 4.79 Å². The summed E-state index contributed by atoms with van der Waals surface area (Å²) in [5.74, 6) is 1.54. The number of rotatable bonds is 4. The highest BCUT2D eigenvalue weighted by Gasteiger charge is 2.23. The van der Waals surface area contributed by atoms with Crippen LogP contribution < -0.4 is 0 Å². The van der Waals surface area contributed by atoms with Gasteiger partial charge in [-0.05, 0) is 43.5 Å². The summed E-state index contributed by atoms with van der Waals surface area (Å²) in [5.41, 5.74) is 4.54. The molecule has 0 aliphatic carbocycles. The molecule has 5 rings (SSSR count). The van der Waals surface area contributed by atoms with E-state index in [4.69, 9.17) is 4.52 Å². The van der Waals surface area contributed by atoms with Crippen molar-refractivity contribution in [3.8, 4) is 17.3 Å². The van der Waals surface area contributed by atoms with Gasteiger partial charge in [-0.1, -0.05) is 41.6 Å². The van der Waals surface area contributed by atoms with Crippen LogP contribution >= 0.6 is 0 Å². The minimum Gasteiger partial charge on any atom is -0.334 e. The zero-order valence-electron chi connectivity index (χ0n) is 17.9. The molecule has 4 heterocycles. The first-order valence-corrected chi connectivity index (χ1v) is 10.5. The maximum absolute atomic E-state index is 13.2. The molecule has 1 amide bonds. The molecule has 1 aliphatic heterocycles. The van der Waals surface area contributed by atoms with Crippen molar-refractivity contribution in [2.45, 2.75) is 20.3 Å². The fourth-order valence-electron chi connectivity index (χ4n) is 3.87. The van der Waals surface area contributed by atoms with Crippen molar-refractivity contribution < 1.29 is 9.32 Å². The lowest BCUT2D eigenvalue weighted by Gasteiger charge is -2.26. The third-order valence-corrected chi connectivity index (χ3v) is 5.62. The highest BCUT2D eigenvalue weighted by Crippen LogP contribution is 2.24. The molecule has 0 saturated heterocycles. The summed E-state index contributed by atoms with van der Waals surface area (Å²) in [7, 11) is 0. The van der Waals surface area contributed by atoms with Gasteiger partial charge in [0.2, 0.25) is 0 Å². The van der Waals surface area contributed by atoms with E-state index < -0.39 is 0 Å². The minimum absolute atomic E-state index is 0.0270. The van der Waals surface area contributed by atoms with Crippen molar-refractivity contribution in [3.63, 3.8) is 0 Å². The van der Waals surface area contributed by atoms with Gasteiger partial charge in [0.15, 0.2) is 11.6 Å². The van der Waals surface area contributed by atoms with Crippen molar-refractivity contribution in [1.82, 2.24) is 29.8 Å². The van der Waals surface area contributed by atoms with E-state index in [1.165, 1.54) is 11.1 Å². The molecule has 1 aliphatic rings. The van der Waals surface area contributed by atoms with Gasteiger partial charge in [-0.15, -0.1) is 0 Å². The van der Waals surface area contributed by atoms with E-state index in [-0.39, 0.29) is 5.91 Å². The van der Waals surface area contributed by atoms with Crippen LogP contribution in [0.25, 0.3) is 22.8 Å². The Kier molecular flexibility index (Phi) is 5.10. The molecule has 0 bridgehead atoms. The van der Waals surface area contributed by atoms with Crippen LogP contribution in [0.2, 0.25) is 0 Å². The number of aromatic nitrogens is 5. The van der Waals surface area contributed by atoms with E-state index in [9.17, 15) is 4.79 Å². The standard InChI is InChI=1S/C24H22N6O2/c1-16-21(24(31)29-12-9-19(10-13-29)18-6-4-3-5-7-18)15-26-30(16)22-14-20(8-11-25-22)23-27-17(2)28-32-23/h3-9,11,14-15H,10,12-13H2,1-2H3. The largest absolute Gasteiger partial charge is 0.334 e. The third kappa shape index (κ3) is 3.71. The van der Waals surface area contributed by atoms with E-state index >= 15 is 0 Å².